The number of rotatable bonds is 4. The Labute approximate surface area is 92.2 Å². The molecule has 0 unspecified atom stereocenters. The molecule has 0 amide bonds. The lowest BCUT2D eigenvalue weighted by molar-refractivity contribution is -0.384. The van der Waals surface area contributed by atoms with Crippen LogP contribution in [0.2, 0.25) is 0 Å². The van der Waals surface area contributed by atoms with Gasteiger partial charge in [-0.05, 0) is 18.6 Å². The van der Waals surface area contributed by atoms with Gasteiger partial charge in [-0.15, -0.1) is 0 Å². The average Bonchev–Trinajstić information content (AvgIpc) is 2.16. The van der Waals surface area contributed by atoms with Crippen LogP contribution in [0, 0.1) is 10.1 Å². The molecule has 0 saturated heterocycles. The van der Waals surface area contributed by atoms with E-state index in [1.165, 1.54) is 18.2 Å². The molecule has 6 nitrogen and oxygen atoms in total. The van der Waals surface area contributed by atoms with E-state index in [1.54, 1.807) is 6.92 Å². The molecule has 0 radical (unpaired) electrons. The van der Waals surface area contributed by atoms with Crippen molar-refractivity contribution in [1.82, 2.24) is 0 Å². The van der Waals surface area contributed by atoms with Gasteiger partial charge in [0.1, 0.15) is 0 Å². The molecule has 86 valence electrons. The van der Waals surface area contributed by atoms with Gasteiger partial charge in [-0.2, -0.15) is 0 Å². The van der Waals surface area contributed by atoms with E-state index in [-0.39, 0.29) is 24.4 Å². The number of nitro benzene ring substituents is 1. The van der Waals surface area contributed by atoms with Gasteiger partial charge in [0.2, 0.25) is 0 Å². The highest BCUT2D eigenvalue weighted by atomic mass is 16.6. The van der Waals surface area contributed by atoms with Crippen molar-refractivity contribution in [2.75, 3.05) is 12.3 Å². The molecule has 0 aromatic heterocycles. The molecule has 16 heavy (non-hydrogen) atoms. The molecule has 0 atom stereocenters. The number of nitrogens with zero attached hydrogens (tertiary/aromatic N) is 1. The number of hydrogen-bond donors (Lipinski definition) is 1. The molecule has 0 aliphatic carbocycles. The Balaban J connectivity index is 2.88. The number of hydrogen-bond acceptors (Lipinski definition) is 5. The van der Waals surface area contributed by atoms with Crippen molar-refractivity contribution in [3.05, 3.63) is 33.9 Å². The molecule has 6 heteroatoms. The van der Waals surface area contributed by atoms with Crippen molar-refractivity contribution < 1.29 is 14.5 Å². The molecular formula is C10H12N2O4. The Morgan fingerprint density at radius 3 is 2.75 bits per heavy atom. The second-order valence-corrected chi connectivity index (χ2v) is 3.17. The van der Waals surface area contributed by atoms with Crippen LogP contribution in [0.15, 0.2) is 18.2 Å². The van der Waals surface area contributed by atoms with Gasteiger partial charge in [0.25, 0.3) is 5.69 Å². The molecule has 1 rings (SSSR count). The van der Waals surface area contributed by atoms with Crippen LogP contribution in [0.25, 0.3) is 0 Å². The highest BCUT2D eigenvalue weighted by Crippen LogP contribution is 2.19. The summed E-state index contributed by atoms with van der Waals surface area (Å²) in [6, 6.07) is 4.08. The predicted molar refractivity (Wildman–Crippen MR) is 57.8 cm³/mol. The minimum atomic E-state index is -0.551. The maximum absolute atomic E-state index is 11.2. The average molecular weight is 224 g/mol. The molecule has 0 saturated carbocycles. The molecule has 1 aromatic rings. The fraction of sp³-hybridized carbons (Fsp3) is 0.300. The van der Waals surface area contributed by atoms with Gasteiger partial charge in [-0.1, -0.05) is 0 Å². The van der Waals surface area contributed by atoms with Crippen molar-refractivity contribution in [2.45, 2.75) is 13.3 Å². The van der Waals surface area contributed by atoms with Crippen LogP contribution in [0.1, 0.15) is 12.5 Å². The van der Waals surface area contributed by atoms with E-state index in [9.17, 15) is 14.9 Å². The summed E-state index contributed by atoms with van der Waals surface area (Å²) in [6.07, 6.45) is -0.0142. The molecule has 0 spiro atoms. The van der Waals surface area contributed by atoms with Crippen molar-refractivity contribution in [3.63, 3.8) is 0 Å². The smallest absolute Gasteiger partial charge is 0.310 e. The van der Waals surface area contributed by atoms with Crippen LogP contribution in [0.4, 0.5) is 11.4 Å². The van der Waals surface area contributed by atoms with Gasteiger partial charge < -0.3 is 10.5 Å². The first-order valence-corrected chi connectivity index (χ1v) is 4.72. The summed E-state index contributed by atoms with van der Waals surface area (Å²) in [7, 11) is 0. The molecular weight excluding hydrogens is 212 g/mol. The molecule has 2 N–H and O–H groups in total. The number of carbonyl (C=O) groups excluding carboxylic acids is 1. The van der Waals surface area contributed by atoms with Crippen LogP contribution in [-0.4, -0.2) is 17.5 Å². The number of anilines is 1. The largest absolute Gasteiger partial charge is 0.466 e. The second-order valence-electron chi connectivity index (χ2n) is 3.17. The summed E-state index contributed by atoms with van der Waals surface area (Å²) in [5.41, 5.74) is 6.10. The van der Waals surface area contributed by atoms with Crippen LogP contribution >= 0.6 is 0 Å². The lowest BCUT2D eigenvalue weighted by atomic mass is 10.1. The van der Waals surface area contributed by atoms with Crippen molar-refractivity contribution in [1.29, 1.82) is 0 Å². The zero-order valence-corrected chi connectivity index (χ0v) is 8.80. The quantitative estimate of drug-likeness (QED) is 0.359. The van der Waals surface area contributed by atoms with E-state index in [0.717, 1.165) is 0 Å². The third-order valence-corrected chi connectivity index (χ3v) is 1.86. The number of benzene rings is 1. The van der Waals surface area contributed by atoms with E-state index in [1.807, 2.05) is 0 Å². The monoisotopic (exact) mass is 224 g/mol. The van der Waals surface area contributed by atoms with Crippen LogP contribution in [-0.2, 0) is 16.0 Å². The topological polar surface area (TPSA) is 95.5 Å². The molecule has 0 aliphatic rings. The third-order valence-electron chi connectivity index (χ3n) is 1.86. The summed E-state index contributed by atoms with van der Waals surface area (Å²) in [5.74, 6) is -0.428. The maximum atomic E-state index is 11.2. The lowest BCUT2D eigenvalue weighted by Gasteiger charge is -2.03. The number of nitrogens with two attached hydrogens (primary N) is 1. The molecule has 0 heterocycles. The number of esters is 1. The second kappa shape index (κ2) is 5.11. The van der Waals surface area contributed by atoms with Crippen molar-refractivity contribution in [2.24, 2.45) is 0 Å². The molecule has 0 fully saturated rings. The summed E-state index contributed by atoms with van der Waals surface area (Å²) < 4.78 is 4.74. The fourth-order valence-corrected chi connectivity index (χ4v) is 1.29. The van der Waals surface area contributed by atoms with Crippen LogP contribution < -0.4 is 5.73 Å². The van der Waals surface area contributed by atoms with Crippen LogP contribution in [0.3, 0.4) is 0 Å². The Morgan fingerprint density at radius 1 is 1.50 bits per heavy atom. The predicted octanol–water partition coefficient (Wildman–Crippen LogP) is 1.28. The van der Waals surface area contributed by atoms with Crippen molar-refractivity contribution in [3.8, 4) is 0 Å². The molecule has 0 bridgehead atoms. The van der Waals surface area contributed by atoms with E-state index < -0.39 is 10.9 Å². The lowest BCUT2D eigenvalue weighted by Crippen LogP contribution is -2.08. The number of ether oxygens (including phenoxy) is 1. The van der Waals surface area contributed by atoms with E-state index >= 15 is 0 Å². The summed E-state index contributed by atoms with van der Waals surface area (Å²) >= 11 is 0. The number of nitro groups is 1. The Hall–Kier alpha value is -2.11. The SMILES string of the molecule is CCOC(=O)Cc1cc(N)cc([N+](=O)[O-])c1. The fourth-order valence-electron chi connectivity index (χ4n) is 1.29. The third kappa shape index (κ3) is 3.23. The van der Waals surface area contributed by atoms with Gasteiger partial charge in [-0.3, -0.25) is 14.9 Å². The number of non-ortho nitro benzene ring substituents is 1. The summed E-state index contributed by atoms with van der Waals surface area (Å²) in [5, 5.41) is 10.6. The summed E-state index contributed by atoms with van der Waals surface area (Å²) in [6.45, 7) is 1.98. The first-order valence-electron chi connectivity index (χ1n) is 4.72. The van der Waals surface area contributed by atoms with E-state index in [4.69, 9.17) is 10.5 Å². The van der Waals surface area contributed by atoms with Gasteiger partial charge in [-0.25, -0.2) is 0 Å². The summed E-state index contributed by atoms with van der Waals surface area (Å²) in [4.78, 5) is 21.2. The number of nitrogen functional groups attached to an aromatic ring is 1. The van der Waals surface area contributed by atoms with Gasteiger partial charge in [0, 0.05) is 17.8 Å². The van der Waals surface area contributed by atoms with Crippen LogP contribution in [0.5, 0.6) is 0 Å². The van der Waals surface area contributed by atoms with E-state index in [0.29, 0.717) is 5.56 Å². The number of carbonyl (C=O) groups is 1. The molecule has 0 aliphatic heterocycles. The highest BCUT2D eigenvalue weighted by Gasteiger charge is 2.11. The van der Waals surface area contributed by atoms with Gasteiger partial charge in [0.15, 0.2) is 0 Å². The van der Waals surface area contributed by atoms with Gasteiger partial charge in [0.05, 0.1) is 18.0 Å². The Morgan fingerprint density at radius 2 is 2.19 bits per heavy atom. The minimum Gasteiger partial charge on any atom is -0.466 e. The maximum Gasteiger partial charge on any atom is 0.310 e. The highest BCUT2D eigenvalue weighted by molar-refractivity contribution is 5.73. The zero-order valence-electron chi connectivity index (χ0n) is 8.80. The Kier molecular flexibility index (Phi) is 3.82. The van der Waals surface area contributed by atoms with Gasteiger partial charge >= 0.3 is 5.97 Å². The first-order chi connectivity index (χ1) is 7.52. The first kappa shape index (κ1) is 12.0. The minimum absolute atomic E-state index is 0.0142. The van der Waals surface area contributed by atoms with E-state index in [2.05, 4.69) is 0 Å². The zero-order chi connectivity index (χ0) is 12.1. The van der Waals surface area contributed by atoms with Crippen molar-refractivity contribution >= 4 is 17.3 Å². The normalized spacial score (nSPS) is 9.81. The Bertz CT molecular complexity index is 417. The molecule has 1 aromatic carbocycles. The standard InChI is InChI=1S/C10H12N2O4/c1-2-16-10(13)5-7-3-8(11)6-9(4-7)12(14)15/h3-4,6H,2,5,11H2,1H3.